The summed E-state index contributed by atoms with van der Waals surface area (Å²) >= 11 is 6.08. The zero-order valence-electron chi connectivity index (χ0n) is 16.6. The zero-order valence-corrected chi connectivity index (χ0v) is 17.3. The normalized spacial score (nSPS) is 11.4. The highest BCUT2D eigenvalue weighted by molar-refractivity contribution is 6.31. The van der Waals surface area contributed by atoms with Crippen molar-refractivity contribution in [1.82, 2.24) is 5.32 Å². The van der Waals surface area contributed by atoms with Gasteiger partial charge in [0.2, 0.25) is 5.91 Å². The Hall–Kier alpha value is -2.77. The molecule has 8 heteroatoms. The average Bonchev–Trinajstić information content (AvgIpc) is 2.73. The van der Waals surface area contributed by atoms with Crippen molar-refractivity contribution in [3.05, 3.63) is 58.6 Å². The minimum absolute atomic E-state index is 0.0394. The molecule has 7 nitrogen and oxygen atoms in total. The van der Waals surface area contributed by atoms with Gasteiger partial charge in [-0.3, -0.25) is 9.59 Å². The lowest BCUT2D eigenvalue weighted by molar-refractivity contribution is -0.141. The summed E-state index contributed by atoms with van der Waals surface area (Å²) in [6, 6.07) is 11.8. The first-order valence-corrected chi connectivity index (χ1v) is 9.25. The van der Waals surface area contributed by atoms with E-state index in [0.29, 0.717) is 22.1 Å². The van der Waals surface area contributed by atoms with Crippen molar-refractivity contribution in [2.24, 2.45) is 0 Å². The number of benzene rings is 2. The first kappa shape index (κ1) is 22.5. The topological polar surface area (TPSA) is 83.1 Å². The molecule has 0 radical (unpaired) electrons. The van der Waals surface area contributed by atoms with Crippen molar-refractivity contribution >= 4 is 23.5 Å². The summed E-state index contributed by atoms with van der Waals surface area (Å²) in [6.07, 6.45) is -0.0394. The van der Waals surface area contributed by atoms with E-state index in [4.69, 9.17) is 30.5 Å². The molecule has 0 spiro atoms. The van der Waals surface area contributed by atoms with E-state index in [1.807, 2.05) is 18.2 Å². The number of carbonyl (C=O) groups is 2. The second-order valence-corrected chi connectivity index (χ2v) is 6.51. The van der Waals surface area contributed by atoms with Gasteiger partial charge in [0.15, 0.2) is 11.5 Å². The van der Waals surface area contributed by atoms with Crippen LogP contribution in [0.4, 0.5) is 0 Å². The maximum Gasteiger partial charge on any atom is 0.307 e. The van der Waals surface area contributed by atoms with Gasteiger partial charge >= 0.3 is 5.97 Å². The smallest absolute Gasteiger partial charge is 0.307 e. The van der Waals surface area contributed by atoms with E-state index in [9.17, 15) is 9.59 Å². The van der Waals surface area contributed by atoms with Crippen molar-refractivity contribution in [3.63, 3.8) is 0 Å². The predicted molar refractivity (Wildman–Crippen MR) is 108 cm³/mol. The van der Waals surface area contributed by atoms with Crippen LogP contribution in [0, 0.1) is 0 Å². The Labute approximate surface area is 174 Å². The number of hydrogen-bond donors (Lipinski definition) is 1. The maximum absolute atomic E-state index is 12.4. The molecule has 0 aliphatic rings. The molecule has 1 atom stereocenters. The molecular weight excluding hydrogens is 398 g/mol. The number of amides is 1. The van der Waals surface area contributed by atoms with Gasteiger partial charge in [-0.25, -0.2) is 0 Å². The number of carbonyl (C=O) groups excluding carboxylic acids is 2. The third kappa shape index (κ3) is 6.66. The van der Waals surface area contributed by atoms with E-state index < -0.39 is 12.0 Å². The first-order valence-electron chi connectivity index (χ1n) is 8.87. The Morgan fingerprint density at radius 2 is 1.76 bits per heavy atom. The molecule has 0 fully saturated rings. The van der Waals surface area contributed by atoms with Crippen LogP contribution in [0.1, 0.15) is 23.6 Å². The fourth-order valence-corrected chi connectivity index (χ4v) is 2.87. The Kier molecular flexibility index (Phi) is 8.76. The number of ether oxygens (including phenoxy) is 4. The highest BCUT2D eigenvalue weighted by Gasteiger charge is 2.21. The lowest BCUT2D eigenvalue weighted by atomic mass is 10.0. The quantitative estimate of drug-likeness (QED) is 0.593. The lowest BCUT2D eigenvalue weighted by Gasteiger charge is -2.20. The summed E-state index contributed by atoms with van der Waals surface area (Å²) in [5, 5.41) is 3.37. The number of rotatable bonds is 10. The van der Waals surface area contributed by atoms with E-state index >= 15 is 0 Å². The van der Waals surface area contributed by atoms with Gasteiger partial charge in [0.05, 0.1) is 40.4 Å². The fraction of sp³-hybridized carbons (Fsp3) is 0.333. The molecule has 0 aliphatic carbocycles. The lowest BCUT2D eigenvalue weighted by Crippen LogP contribution is -2.33. The SMILES string of the molecule is COC(=O)CC(NC(=O)COCc1ccccc1Cl)c1ccc(OC)c(OC)c1. The molecular formula is C21H24ClNO6. The van der Waals surface area contributed by atoms with Crippen molar-refractivity contribution in [2.75, 3.05) is 27.9 Å². The van der Waals surface area contributed by atoms with Gasteiger partial charge in [0, 0.05) is 5.02 Å². The number of halogens is 1. The summed E-state index contributed by atoms with van der Waals surface area (Å²) in [5.41, 5.74) is 1.46. The summed E-state index contributed by atoms with van der Waals surface area (Å²) in [7, 11) is 4.34. The van der Waals surface area contributed by atoms with E-state index in [0.717, 1.165) is 5.56 Å². The molecule has 2 rings (SSSR count). The number of methoxy groups -OCH3 is 3. The van der Waals surface area contributed by atoms with Crippen LogP contribution >= 0.6 is 11.6 Å². The molecule has 0 aromatic heterocycles. The van der Waals surface area contributed by atoms with Crippen molar-refractivity contribution < 1.29 is 28.5 Å². The molecule has 29 heavy (non-hydrogen) atoms. The molecule has 0 saturated carbocycles. The molecule has 2 aromatic carbocycles. The van der Waals surface area contributed by atoms with E-state index in [1.54, 1.807) is 24.3 Å². The summed E-state index contributed by atoms with van der Waals surface area (Å²) in [6.45, 7) is 0.0152. The van der Waals surface area contributed by atoms with Crippen LogP contribution in [0.15, 0.2) is 42.5 Å². The second-order valence-electron chi connectivity index (χ2n) is 6.10. The number of hydrogen-bond acceptors (Lipinski definition) is 6. The Bertz CT molecular complexity index is 842. The van der Waals surface area contributed by atoms with Crippen LogP contribution < -0.4 is 14.8 Å². The monoisotopic (exact) mass is 421 g/mol. The van der Waals surface area contributed by atoms with E-state index in [2.05, 4.69) is 5.32 Å². The third-order valence-electron chi connectivity index (χ3n) is 4.19. The van der Waals surface area contributed by atoms with Gasteiger partial charge < -0.3 is 24.3 Å². The van der Waals surface area contributed by atoms with Crippen LogP contribution in [-0.2, 0) is 25.7 Å². The fourth-order valence-electron chi connectivity index (χ4n) is 2.68. The van der Waals surface area contributed by atoms with E-state index in [-0.39, 0.29) is 25.5 Å². The van der Waals surface area contributed by atoms with Crippen LogP contribution in [-0.4, -0.2) is 39.8 Å². The largest absolute Gasteiger partial charge is 0.493 e. The van der Waals surface area contributed by atoms with Crippen LogP contribution in [0.25, 0.3) is 0 Å². The van der Waals surface area contributed by atoms with Gasteiger partial charge in [0.25, 0.3) is 0 Å². The Morgan fingerprint density at radius 1 is 1.03 bits per heavy atom. The summed E-state index contributed by atoms with van der Waals surface area (Å²) in [4.78, 5) is 24.2. The number of nitrogens with one attached hydrogen (secondary N) is 1. The van der Waals surface area contributed by atoms with Crippen molar-refractivity contribution in [1.29, 1.82) is 0 Å². The van der Waals surface area contributed by atoms with Gasteiger partial charge in [0.1, 0.15) is 6.61 Å². The first-order chi connectivity index (χ1) is 14.0. The van der Waals surface area contributed by atoms with Gasteiger partial charge in [-0.1, -0.05) is 35.9 Å². The van der Waals surface area contributed by atoms with E-state index in [1.165, 1.54) is 21.3 Å². The predicted octanol–water partition coefficient (Wildman–Crippen LogP) is 3.29. The number of esters is 1. The van der Waals surface area contributed by atoms with Crippen molar-refractivity contribution in [3.8, 4) is 11.5 Å². The Morgan fingerprint density at radius 3 is 2.41 bits per heavy atom. The summed E-state index contributed by atoms with van der Waals surface area (Å²) < 4.78 is 20.7. The average molecular weight is 422 g/mol. The van der Waals surface area contributed by atoms with Gasteiger partial charge in [-0.15, -0.1) is 0 Å². The van der Waals surface area contributed by atoms with Gasteiger partial charge in [-0.2, -0.15) is 0 Å². The molecule has 156 valence electrons. The van der Waals surface area contributed by atoms with Crippen molar-refractivity contribution in [2.45, 2.75) is 19.1 Å². The second kappa shape index (κ2) is 11.3. The molecule has 0 saturated heterocycles. The molecule has 2 aromatic rings. The molecule has 1 N–H and O–H groups in total. The standard InChI is InChI=1S/C21H24ClNO6/c1-26-18-9-8-14(10-19(18)27-2)17(11-21(25)28-3)23-20(24)13-29-12-15-6-4-5-7-16(15)22/h4-10,17H,11-13H2,1-3H3,(H,23,24). The minimum Gasteiger partial charge on any atom is -0.493 e. The maximum atomic E-state index is 12.4. The molecule has 0 bridgehead atoms. The van der Waals surface area contributed by atoms with Crippen LogP contribution in [0.3, 0.4) is 0 Å². The van der Waals surface area contributed by atoms with Crippen LogP contribution in [0.5, 0.6) is 11.5 Å². The minimum atomic E-state index is -0.612. The molecule has 0 aliphatic heterocycles. The summed E-state index contributed by atoms with van der Waals surface area (Å²) in [5.74, 6) is 0.203. The van der Waals surface area contributed by atoms with Crippen LogP contribution in [0.2, 0.25) is 5.02 Å². The zero-order chi connectivity index (χ0) is 21.2. The highest BCUT2D eigenvalue weighted by atomic mass is 35.5. The highest BCUT2D eigenvalue weighted by Crippen LogP contribution is 2.31. The molecule has 1 amide bonds. The third-order valence-corrected chi connectivity index (χ3v) is 4.56. The molecule has 0 heterocycles. The Balaban J connectivity index is 2.05. The molecule has 1 unspecified atom stereocenters. The van der Waals surface area contributed by atoms with Gasteiger partial charge in [-0.05, 0) is 29.3 Å².